The molecule has 132 valence electrons. The summed E-state index contributed by atoms with van der Waals surface area (Å²) in [5, 5.41) is 14.5. The molecule has 3 rings (SSSR count). The third-order valence-corrected chi connectivity index (χ3v) is 4.49. The van der Waals surface area contributed by atoms with Crippen molar-refractivity contribution in [3.8, 4) is 5.75 Å². The predicted molar refractivity (Wildman–Crippen MR) is 94.6 cm³/mol. The van der Waals surface area contributed by atoms with Gasteiger partial charge < -0.3 is 14.8 Å². The summed E-state index contributed by atoms with van der Waals surface area (Å²) in [5.41, 5.74) is 1.92. The van der Waals surface area contributed by atoms with Crippen LogP contribution < -0.4 is 10.1 Å². The van der Waals surface area contributed by atoms with Crippen LogP contribution in [0.2, 0.25) is 0 Å². The fourth-order valence-electron chi connectivity index (χ4n) is 3.22. The Hall–Kier alpha value is -2.44. The minimum atomic E-state index is -0.405. The number of ether oxygens (including phenoxy) is 2. The summed E-state index contributed by atoms with van der Waals surface area (Å²) in [6.07, 6.45) is 2.00. The molecule has 2 aromatic rings. The Morgan fingerprint density at radius 1 is 1.24 bits per heavy atom. The van der Waals surface area contributed by atoms with Crippen LogP contribution in [0.15, 0.2) is 48.5 Å². The second-order valence-corrected chi connectivity index (χ2v) is 6.09. The van der Waals surface area contributed by atoms with E-state index in [1.165, 1.54) is 17.7 Å². The largest absolute Gasteiger partial charge is 0.496 e. The quantitative estimate of drug-likeness (QED) is 0.641. The second-order valence-electron chi connectivity index (χ2n) is 6.09. The molecule has 6 heteroatoms. The topological polar surface area (TPSA) is 73.6 Å². The average Bonchev–Trinajstić information content (AvgIpc) is 2.67. The molecule has 2 atom stereocenters. The number of hydrogen-bond acceptors (Lipinski definition) is 5. The summed E-state index contributed by atoms with van der Waals surface area (Å²) in [6, 6.07) is 14.9. The maximum Gasteiger partial charge on any atom is 0.270 e. The molecule has 25 heavy (non-hydrogen) atoms. The van der Waals surface area contributed by atoms with Crippen LogP contribution >= 0.6 is 0 Å². The van der Waals surface area contributed by atoms with Gasteiger partial charge in [-0.05, 0) is 31.0 Å². The summed E-state index contributed by atoms with van der Waals surface area (Å²) in [5.74, 6) is 0.602. The number of piperidine rings is 1. The van der Waals surface area contributed by atoms with Crippen molar-refractivity contribution in [2.45, 2.75) is 31.6 Å². The molecule has 6 nitrogen and oxygen atoms in total. The van der Waals surface area contributed by atoms with E-state index in [2.05, 4.69) is 17.4 Å². The highest BCUT2D eigenvalue weighted by Gasteiger charge is 2.27. The van der Waals surface area contributed by atoms with Crippen molar-refractivity contribution in [3.63, 3.8) is 0 Å². The van der Waals surface area contributed by atoms with Gasteiger partial charge in [0.05, 0.1) is 30.8 Å². The van der Waals surface area contributed by atoms with Crippen LogP contribution in [0.1, 0.15) is 30.0 Å². The summed E-state index contributed by atoms with van der Waals surface area (Å²) < 4.78 is 11.5. The Balaban J connectivity index is 1.75. The van der Waals surface area contributed by atoms with Crippen LogP contribution in [-0.2, 0) is 11.3 Å². The van der Waals surface area contributed by atoms with Crippen molar-refractivity contribution in [1.82, 2.24) is 5.32 Å². The van der Waals surface area contributed by atoms with E-state index < -0.39 is 4.92 Å². The molecular formula is C19H22N2O4. The van der Waals surface area contributed by atoms with Crippen molar-refractivity contribution in [3.05, 3.63) is 69.8 Å². The Morgan fingerprint density at radius 3 is 2.76 bits per heavy atom. The van der Waals surface area contributed by atoms with E-state index in [0.717, 1.165) is 19.4 Å². The molecule has 1 heterocycles. The highest BCUT2D eigenvalue weighted by Crippen LogP contribution is 2.29. The summed E-state index contributed by atoms with van der Waals surface area (Å²) in [4.78, 5) is 10.6. The van der Waals surface area contributed by atoms with Crippen LogP contribution in [0.25, 0.3) is 0 Å². The van der Waals surface area contributed by atoms with Crippen LogP contribution in [0.4, 0.5) is 5.69 Å². The lowest BCUT2D eigenvalue weighted by molar-refractivity contribution is -0.385. The first-order chi connectivity index (χ1) is 12.2. The number of nitrogens with zero attached hydrogens (tertiary/aromatic N) is 1. The SMILES string of the molecule is COc1ccc([N+](=O)[O-])cc1COC1CCCNC1c1ccccc1. The van der Waals surface area contributed by atoms with Gasteiger partial charge in [0.25, 0.3) is 5.69 Å². The zero-order valence-electron chi connectivity index (χ0n) is 14.2. The van der Waals surface area contributed by atoms with Crippen molar-refractivity contribution in [2.75, 3.05) is 13.7 Å². The third kappa shape index (κ3) is 4.15. The Kier molecular flexibility index (Phi) is 5.63. The monoisotopic (exact) mass is 342 g/mol. The molecule has 0 radical (unpaired) electrons. The molecule has 0 bridgehead atoms. The van der Waals surface area contributed by atoms with E-state index >= 15 is 0 Å². The molecule has 1 aliphatic heterocycles. The number of rotatable bonds is 6. The second kappa shape index (κ2) is 8.09. The molecule has 1 aliphatic rings. The fraction of sp³-hybridized carbons (Fsp3) is 0.368. The minimum Gasteiger partial charge on any atom is -0.496 e. The Labute approximate surface area is 146 Å². The van der Waals surface area contributed by atoms with E-state index in [0.29, 0.717) is 11.3 Å². The van der Waals surface area contributed by atoms with Gasteiger partial charge in [-0.2, -0.15) is 0 Å². The number of non-ortho nitro benzene ring substituents is 1. The lowest BCUT2D eigenvalue weighted by Crippen LogP contribution is -2.39. The van der Waals surface area contributed by atoms with Crippen molar-refractivity contribution < 1.29 is 14.4 Å². The Morgan fingerprint density at radius 2 is 2.04 bits per heavy atom. The first-order valence-electron chi connectivity index (χ1n) is 8.40. The van der Waals surface area contributed by atoms with Crippen LogP contribution in [0, 0.1) is 10.1 Å². The van der Waals surface area contributed by atoms with E-state index in [1.807, 2.05) is 18.2 Å². The minimum absolute atomic E-state index is 0.0140. The van der Waals surface area contributed by atoms with Gasteiger partial charge >= 0.3 is 0 Å². The average molecular weight is 342 g/mol. The number of nitrogens with one attached hydrogen (secondary N) is 1. The highest BCUT2D eigenvalue weighted by molar-refractivity contribution is 5.43. The van der Waals surface area contributed by atoms with Gasteiger partial charge in [-0.15, -0.1) is 0 Å². The number of nitro benzene ring substituents is 1. The maximum atomic E-state index is 11.0. The summed E-state index contributed by atoms with van der Waals surface area (Å²) >= 11 is 0. The predicted octanol–water partition coefficient (Wildman–Crippen LogP) is 3.61. The van der Waals surface area contributed by atoms with Gasteiger partial charge in [-0.25, -0.2) is 0 Å². The van der Waals surface area contributed by atoms with Crippen LogP contribution in [0.3, 0.4) is 0 Å². The lowest BCUT2D eigenvalue weighted by Gasteiger charge is -2.33. The normalized spacial score (nSPS) is 20.2. The molecule has 1 saturated heterocycles. The van der Waals surface area contributed by atoms with Crippen molar-refractivity contribution in [2.24, 2.45) is 0 Å². The molecule has 0 aliphatic carbocycles. The first kappa shape index (κ1) is 17.4. The van der Waals surface area contributed by atoms with E-state index in [9.17, 15) is 10.1 Å². The van der Waals surface area contributed by atoms with Crippen molar-refractivity contribution >= 4 is 5.69 Å². The first-order valence-corrected chi connectivity index (χ1v) is 8.40. The summed E-state index contributed by atoms with van der Waals surface area (Å²) in [6.45, 7) is 1.24. The molecule has 0 aromatic heterocycles. The molecule has 0 saturated carbocycles. The molecule has 0 amide bonds. The number of nitro groups is 1. The smallest absolute Gasteiger partial charge is 0.270 e. The third-order valence-electron chi connectivity index (χ3n) is 4.49. The molecule has 1 fully saturated rings. The van der Waals surface area contributed by atoms with Gasteiger partial charge in [0, 0.05) is 17.7 Å². The number of hydrogen-bond donors (Lipinski definition) is 1. The summed E-state index contributed by atoms with van der Waals surface area (Å²) in [7, 11) is 1.56. The molecule has 1 N–H and O–H groups in total. The van der Waals surface area contributed by atoms with Crippen LogP contribution in [-0.4, -0.2) is 24.7 Å². The maximum absolute atomic E-state index is 11.0. The molecule has 0 spiro atoms. The van der Waals surface area contributed by atoms with E-state index in [-0.39, 0.29) is 24.4 Å². The zero-order chi connectivity index (χ0) is 17.6. The lowest BCUT2D eigenvalue weighted by atomic mass is 9.94. The number of methoxy groups -OCH3 is 1. The van der Waals surface area contributed by atoms with Crippen LogP contribution in [0.5, 0.6) is 5.75 Å². The van der Waals surface area contributed by atoms with Gasteiger partial charge in [0.2, 0.25) is 0 Å². The Bertz CT molecular complexity index is 721. The standard InChI is InChI=1S/C19H22N2O4/c1-24-17-10-9-16(21(22)23)12-15(17)13-25-18-8-5-11-20-19(18)14-6-3-2-4-7-14/h2-4,6-7,9-10,12,18-20H,5,8,11,13H2,1H3. The zero-order valence-corrected chi connectivity index (χ0v) is 14.2. The van der Waals surface area contributed by atoms with Gasteiger partial charge in [-0.3, -0.25) is 10.1 Å². The van der Waals surface area contributed by atoms with Crippen molar-refractivity contribution in [1.29, 1.82) is 0 Å². The van der Waals surface area contributed by atoms with Gasteiger partial charge in [0.1, 0.15) is 5.75 Å². The van der Waals surface area contributed by atoms with E-state index in [4.69, 9.17) is 9.47 Å². The van der Waals surface area contributed by atoms with Gasteiger partial charge in [-0.1, -0.05) is 30.3 Å². The number of benzene rings is 2. The molecule has 2 aromatic carbocycles. The highest BCUT2D eigenvalue weighted by atomic mass is 16.6. The van der Waals surface area contributed by atoms with E-state index in [1.54, 1.807) is 13.2 Å². The fourth-order valence-corrected chi connectivity index (χ4v) is 3.22. The molecular weight excluding hydrogens is 320 g/mol. The molecule has 2 unspecified atom stereocenters. The van der Waals surface area contributed by atoms with Gasteiger partial charge in [0.15, 0.2) is 0 Å².